The molecule has 2 aromatic carbocycles. The molecule has 1 aliphatic heterocycles. The van der Waals surface area contributed by atoms with Crippen LogP contribution in [0, 0.1) is 4.91 Å². The second-order valence-electron chi connectivity index (χ2n) is 5.86. The van der Waals surface area contributed by atoms with Crippen LogP contribution in [0.2, 0.25) is 0 Å². The van der Waals surface area contributed by atoms with Crippen molar-refractivity contribution in [1.29, 1.82) is 0 Å². The summed E-state index contributed by atoms with van der Waals surface area (Å²) in [6.07, 6.45) is -5.20. The summed E-state index contributed by atoms with van der Waals surface area (Å²) in [5.74, 6) is 0.259. The Balaban J connectivity index is 1.58. The van der Waals surface area contributed by atoms with Crippen LogP contribution in [0.5, 0.6) is 11.5 Å². The van der Waals surface area contributed by atoms with Crippen molar-refractivity contribution >= 4 is 11.6 Å². The minimum absolute atomic E-state index is 0.0591. The number of alkyl halides is 3. The standard InChI is InChI=1S/C18H15F3N2O4/c1-26-13-5-6-14-15(10-13)27-16(23(14)25)7-8-22-17(24)11-3-2-4-12(9-11)18(19,20)21/h2-6,9-10,16H,7-8H2,1H3/p+1. The first kappa shape index (κ1) is 18.7. The van der Waals surface area contributed by atoms with Crippen LogP contribution in [0.25, 0.3) is 0 Å². The quantitative estimate of drug-likeness (QED) is 0.803. The number of rotatable bonds is 5. The molecule has 1 amide bonds. The lowest BCUT2D eigenvalue weighted by Crippen LogP contribution is -2.31. The van der Waals surface area contributed by atoms with E-state index >= 15 is 0 Å². The number of methoxy groups -OCH3 is 1. The molecule has 0 saturated heterocycles. The van der Waals surface area contributed by atoms with Crippen LogP contribution in [-0.2, 0) is 6.18 Å². The molecule has 0 radical (unpaired) electrons. The second kappa shape index (κ2) is 7.26. The van der Waals surface area contributed by atoms with Crippen LogP contribution in [-0.4, -0.2) is 30.5 Å². The van der Waals surface area contributed by atoms with Gasteiger partial charge >= 0.3 is 18.1 Å². The third kappa shape index (κ3) is 4.02. The summed E-state index contributed by atoms with van der Waals surface area (Å²) in [6, 6.07) is 8.92. The van der Waals surface area contributed by atoms with Crippen LogP contribution in [0.3, 0.4) is 0 Å². The van der Waals surface area contributed by atoms with Crippen LogP contribution in [0.4, 0.5) is 18.9 Å². The molecule has 1 unspecified atom stereocenters. The van der Waals surface area contributed by atoms with Gasteiger partial charge < -0.3 is 14.8 Å². The molecule has 142 valence electrons. The van der Waals surface area contributed by atoms with Gasteiger partial charge in [0.1, 0.15) is 5.75 Å². The molecule has 2 aromatic rings. The van der Waals surface area contributed by atoms with Crippen molar-refractivity contribution in [3.8, 4) is 11.5 Å². The normalized spacial score (nSPS) is 15.9. The number of nitrogens with zero attached hydrogens (tertiary/aromatic N) is 1. The first-order valence-corrected chi connectivity index (χ1v) is 8.06. The number of ether oxygens (including phenoxy) is 2. The van der Waals surface area contributed by atoms with Crippen LogP contribution in [0.1, 0.15) is 22.3 Å². The molecule has 1 aliphatic rings. The topological polar surface area (TPSA) is 67.6 Å². The van der Waals surface area contributed by atoms with E-state index in [1.807, 2.05) is 0 Å². The zero-order chi connectivity index (χ0) is 19.6. The number of hydrogen-bond acceptors (Lipinski definition) is 4. The molecule has 1 N–H and O–H groups in total. The molecule has 1 atom stereocenters. The summed E-state index contributed by atoms with van der Waals surface area (Å²) in [5.41, 5.74) is -0.654. The third-order valence-corrected chi connectivity index (χ3v) is 4.06. The number of benzene rings is 2. The maximum Gasteiger partial charge on any atom is 0.416 e. The average Bonchev–Trinajstić information content (AvgIpc) is 2.96. The minimum Gasteiger partial charge on any atom is -0.497 e. The van der Waals surface area contributed by atoms with Gasteiger partial charge in [0.25, 0.3) is 5.91 Å². The predicted molar refractivity (Wildman–Crippen MR) is 89.1 cm³/mol. The van der Waals surface area contributed by atoms with Gasteiger partial charge in [-0.3, -0.25) is 4.79 Å². The summed E-state index contributed by atoms with van der Waals surface area (Å²) in [5, 5.41) is 2.50. The molecule has 6 nitrogen and oxygen atoms in total. The van der Waals surface area contributed by atoms with Crippen molar-refractivity contribution in [2.45, 2.75) is 18.8 Å². The lowest BCUT2D eigenvalue weighted by molar-refractivity contribution is -0.529. The predicted octanol–water partition coefficient (Wildman–Crippen LogP) is 3.66. The SMILES string of the molecule is COc1ccc2c(c1)OC(CCNC(=O)c1cccc(C(F)(F)F)c1)[N+]2=O. The molecule has 0 saturated carbocycles. The summed E-state index contributed by atoms with van der Waals surface area (Å²) < 4.78 is 49.5. The number of nitrogens with one attached hydrogen (secondary N) is 1. The molecule has 1 heterocycles. The zero-order valence-electron chi connectivity index (χ0n) is 14.2. The van der Waals surface area contributed by atoms with Gasteiger partial charge in [0.15, 0.2) is 0 Å². The highest BCUT2D eigenvalue weighted by Gasteiger charge is 2.40. The molecule has 0 spiro atoms. The van der Waals surface area contributed by atoms with Crippen molar-refractivity contribution < 1.29 is 32.2 Å². The van der Waals surface area contributed by atoms with Crippen molar-refractivity contribution in [1.82, 2.24) is 5.32 Å². The van der Waals surface area contributed by atoms with E-state index in [1.165, 1.54) is 19.2 Å². The number of carbonyl (C=O) groups excluding carboxylic acids is 1. The van der Waals surface area contributed by atoms with E-state index in [-0.39, 0.29) is 18.5 Å². The third-order valence-electron chi connectivity index (χ3n) is 4.06. The van der Waals surface area contributed by atoms with Crippen molar-refractivity contribution in [2.75, 3.05) is 13.7 Å². The molecule has 3 rings (SSSR count). The van der Waals surface area contributed by atoms with Gasteiger partial charge in [-0.05, 0) is 24.3 Å². The Morgan fingerprint density at radius 1 is 1.26 bits per heavy atom. The highest BCUT2D eigenvalue weighted by molar-refractivity contribution is 5.94. The van der Waals surface area contributed by atoms with Gasteiger partial charge in [-0.25, -0.2) is 0 Å². The fourth-order valence-corrected chi connectivity index (χ4v) is 2.67. The summed E-state index contributed by atoms with van der Waals surface area (Å²) >= 11 is 0. The van der Waals surface area contributed by atoms with Crippen LogP contribution in [0.15, 0.2) is 42.5 Å². The largest absolute Gasteiger partial charge is 0.497 e. The molecule has 9 heteroatoms. The lowest BCUT2D eigenvalue weighted by Gasteiger charge is -2.09. The summed E-state index contributed by atoms with van der Waals surface area (Å²) in [6.45, 7) is 0.0591. The van der Waals surface area contributed by atoms with Gasteiger partial charge in [0.2, 0.25) is 5.75 Å². The van der Waals surface area contributed by atoms with Gasteiger partial charge in [0.05, 0.1) is 23.9 Å². The Bertz CT molecular complexity index is 883. The number of carbonyl (C=O) groups is 1. The first-order valence-electron chi connectivity index (χ1n) is 8.06. The number of amides is 1. The molecule has 0 aromatic heterocycles. The smallest absolute Gasteiger partial charge is 0.416 e. The Hall–Kier alpha value is -3.10. The summed E-state index contributed by atoms with van der Waals surface area (Å²) in [7, 11) is 1.49. The molecular weight excluding hydrogens is 365 g/mol. The van der Waals surface area contributed by atoms with E-state index in [9.17, 15) is 22.9 Å². The van der Waals surface area contributed by atoms with Crippen molar-refractivity contribution in [2.24, 2.45) is 0 Å². The monoisotopic (exact) mass is 381 g/mol. The maximum atomic E-state index is 12.7. The van der Waals surface area contributed by atoms with Crippen LogP contribution >= 0.6 is 0 Å². The molecule has 0 aliphatic carbocycles. The van der Waals surface area contributed by atoms with E-state index in [2.05, 4.69) is 5.32 Å². The van der Waals surface area contributed by atoms with Crippen molar-refractivity contribution in [3.63, 3.8) is 0 Å². The zero-order valence-corrected chi connectivity index (χ0v) is 14.2. The maximum absolute atomic E-state index is 12.7. The van der Waals surface area contributed by atoms with E-state index in [4.69, 9.17) is 9.47 Å². The van der Waals surface area contributed by atoms with E-state index < -0.39 is 23.9 Å². The van der Waals surface area contributed by atoms with Crippen molar-refractivity contribution in [3.05, 3.63) is 58.5 Å². The van der Waals surface area contributed by atoms with Gasteiger partial charge in [-0.15, -0.1) is 0 Å². The number of hydrogen-bond donors (Lipinski definition) is 1. The summed E-state index contributed by atoms with van der Waals surface area (Å²) in [4.78, 5) is 24.3. The highest BCUT2D eigenvalue weighted by Crippen LogP contribution is 2.38. The molecular formula is C18H16F3N2O4+. The number of halogens is 3. The Labute approximate surface area is 152 Å². The van der Waals surface area contributed by atoms with E-state index in [0.29, 0.717) is 21.9 Å². The Morgan fingerprint density at radius 2 is 2.04 bits per heavy atom. The molecule has 0 fully saturated rings. The molecule has 27 heavy (non-hydrogen) atoms. The van der Waals surface area contributed by atoms with E-state index in [0.717, 1.165) is 12.1 Å². The fourth-order valence-electron chi connectivity index (χ4n) is 2.67. The van der Waals surface area contributed by atoms with E-state index in [1.54, 1.807) is 18.2 Å². The molecule has 0 bridgehead atoms. The highest BCUT2D eigenvalue weighted by atomic mass is 19.4. The van der Waals surface area contributed by atoms with Gasteiger partial charge in [0, 0.05) is 29.1 Å². The second-order valence-corrected chi connectivity index (χ2v) is 5.86. The fraction of sp³-hybridized carbons (Fsp3) is 0.278. The Kier molecular flexibility index (Phi) is 5.02. The average molecular weight is 381 g/mol. The first-order chi connectivity index (χ1) is 12.8. The Morgan fingerprint density at radius 3 is 2.74 bits per heavy atom. The lowest BCUT2D eigenvalue weighted by atomic mass is 10.1. The minimum atomic E-state index is -4.52. The van der Waals surface area contributed by atoms with Gasteiger partial charge in [-0.2, -0.15) is 13.2 Å². The van der Waals surface area contributed by atoms with Gasteiger partial charge in [-0.1, -0.05) is 6.07 Å². The van der Waals surface area contributed by atoms with Crippen LogP contribution < -0.4 is 14.8 Å². The number of nitroso groups, excluding NO2 is 1. The number of fused-ring (bicyclic) bond motifs is 1.